The minimum absolute atomic E-state index is 0.177. The number of ether oxygens (including phenoxy) is 1. The number of benzene rings is 2. The van der Waals surface area contributed by atoms with E-state index in [1.807, 2.05) is 0 Å². The molecule has 4 rings (SSSR count). The fourth-order valence-electron chi connectivity index (χ4n) is 3.21. The summed E-state index contributed by atoms with van der Waals surface area (Å²) in [7, 11) is 1.57. The van der Waals surface area contributed by atoms with Gasteiger partial charge in [0.05, 0.1) is 15.6 Å². The molecule has 0 aliphatic heterocycles. The zero-order valence-corrected chi connectivity index (χ0v) is 19.4. The molecule has 0 spiro atoms. The van der Waals surface area contributed by atoms with Crippen LogP contribution in [0.25, 0.3) is 22.6 Å². The van der Waals surface area contributed by atoms with Gasteiger partial charge in [0, 0.05) is 18.0 Å². The monoisotopic (exact) mass is 506 g/mol. The van der Waals surface area contributed by atoms with Crippen molar-refractivity contribution in [2.24, 2.45) is 0 Å². The van der Waals surface area contributed by atoms with Gasteiger partial charge in [-0.15, -0.1) is 0 Å². The number of aromatic nitrogens is 2. The van der Waals surface area contributed by atoms with Crippen LogP contribution in [0.15, 0.2) is 47.0 Å². The molecule has 0 fully saturated rings. The maximum Gasteiger partial charge on any atom is 0.321 e. The first kappa shape index (κ1) is 23.1. The summed E-state index contributed by atoms with van der Waals surface area (Å²) in [4.78, 5) is 19.8. The molecule has 0 radical (unpaired) electrons. The SMILES string of the molecule is CN[C@@H](Cc1cc(Cl)c(Oc2cc(N)cc3nc(-c4ccc(Cl)nc4)oc23)c(Cl)c1)C(=O)O. The molecule has 0 saturated heterocycles. The highest BCUT2D eigenvalue weighted by Crippen LogP contribution is 2.41. The van der Waals surface area contributed by atoms with Crippen LogP contribution in [-0.4, -0.2) is 34.1 Å². The van der Waals surface area contributed by atoms with Crippen molar-refractivity contribution in [3.05, 3.63) is 63.4 Å². The molecule has 33 heavy (non-hydrogen) atoms. The van der Waals surface area contributed by atoms with Crippen molar-refractivity contribution in [3.8, 4) is 23.0 Å². The molecule has 0 saturated carbocycles. The van der Waals surface area contributed by atoms with Gasteiger partial charge in [0.25, 0.3) is 0 Å². The second-order valence-corrected chi connectivity index (χ2v) is 8.33. The van der Waals surface area contributed by atoms with Gasteiger partial charge in [0.15, 0.2) is 17.1 Å². The van der Waals surface area contributed by atoms with E-state index < -0.39 is 12.0 Å². The van der Waals surface area contributed by atoms with Gasteiger partial charge in [-0.1, -0.05) is 34.8 Å². The van der Waals surface area contributed by atoms with E-state index >= 15 is 0 Å². The third-order valence-electron chi connectivity index (χ3n) is 4.81. The maximum atomic E-state index is 11.3. The van der Waals surface area contributed by atoms with Crippen LogP contribution in [0.1, 0.15) is 5.56 Å². The molecule has 8 nitrogen and oxygen atoms in total. The van der Waals surface area contributed by atoms with Gasteiger partial charge in [0.2, 0.25) is 5.89 Å². The van der Waals surface area contributed by atoms with Crippen LogP contribution in [0.2, 0.25) is 15.2 Å². The largest absolute Gasteiger partial charge is 0.480 e. The standard InChI is InChI=1S/C22H17Cl3N4O4/c1-27-16(22(30)31)6-10-4-13(23)19(14(24)5-10)32-17-8-12(26)7-15-20(17)33-21(29-15)11-2-3-18(25)28-9-11/h2-5,7-9,16,27H,6,26H2,1H3,(H,30,31)/t16-/m0/s1. The Bertz CT molecular complexity index is 1320. The van der Waals surface area contributed by atoms with Crippen molar-refractivity contribution in [2.45, 2.75) is 12.5 Å². The smallest absolute Gasteiger partial charge is 0.321 e. The number of nitrogens with two attached hydrogens (primary N) is 1. The number of nitrogen functional groups attached to an aromatic ring is 1. The number of anilines is 1. The van der Waals surface area contributed by atoms with Crippen LogP contribution in [0.3, 0.4) is 0 Å². The van der Waals surface area contributed by atoms with Gasteiger partial charge in [-0.05, 0) is 49.4 Å². The summed E-state index contributed by atoms with van der Waals surface area (Å²) < 4.78 is 11.9. The summed E-state index contributed by atoms with van der Waals surface area (Å²) in [6.45, 7) is 0. The number of likely N-dealkylation sites (N-methyl/N-ethyl adjacent to an activating group) is 1. The van der Waals surface area contributed by atoms with E-state index in [4.69, 9.17) is 49.7 Å². The zero-order chi connectivity index (χ0) is 23.7. The first-order chi connectivity index (χ1) is 15.7. The van der Waals surface area contributed by atoms with Crippen LogP contribution in [-0.2, 0) is 11.2 Å². The lowest BCUT2D eigenvalue weighted by Gasteiger charge is -2.14. The van der Waals surface area contributed by atoms with E-state index in [0.29, 0.717) is 39.0 Å². The normalized spacial score (nSPS) is 12.1. The Balaban J connectivity index is 1.70. The molecule has 4 N–H and O–H groups in total. The highest BCUT2D eigenvalue weighted by Gasteiger charge is 2.20. The van der Waals surface area contributed by atoms with E-state index in [2.05, 4.69) is 15.3 Å². The molecule has 11 heteroatoms. The average molecular weight is 508 g/mol. The lowest BCUT2D eigenvalue weighted by Crippen LogP contribution is -2.35. The van der Waals surface area contributed by atoms with E-state index in [0.717, 1.165) is 0 Å². The van der Waals surface area contributed by atoms with Gasteiger partial charge in [0.1, 0.15) is 16.7 Å². The predicted octanol–water partition coefficient (Wildman–Crippen LogP) is 5.44. The number of oxazole rings is 1. The molecule has 0 unspecified atom stereocenters. The molecule has 1 atom stereocenters. The molecular weight excluding hydrogens is 491 g/mol. The summed E-state index contributed by atoms with van der Waals surface area (Å²) in [5.74, 6) is -0.231. The van der Waals surface area contributed by atoms with E-state index in [9.17, 15) is 9.90 Å². The van der Waals surface area contributed by atoms with Crippen molar-refractivity contribution < 1.29 is 19.1 Å². The van der Waals surface area contributed by atoms with Gasteiger partial charge in [-0.25, -0.2) is 9.97 Å². The molecule has 170 valence electrons. The van der Waals surface area contributed by atoms with Gasteiger partial charge >= 0.3 is 5.97 Å². The van der Waals surface area contributed by atoms with E-state index in [1.54, 1.807) is 49.6 Å². The van der Waals surface area contributed by atoms with Crippen molar-refractivity contribution in [2.75, 3.05) is 12.8 Å². The lowest BCUT2D eigenvalue weighted by atomic mass is 10.1. The molecular formula is C22H17Cl3N4O4. The second-order valence-electron chi connectivity index (χ2n) is 7.13. The zero-order valence-electron chi connectivity index (χ0n) is 17.1. The topological polar surface area (TPSA) is 124 Å². The quantitative estimate of drug-likeness (QED) is 0.223. The number of fused-ring (bicyclic) bond motifs is 1. The first-order valence-corrected chi connectivity index (χ1v) is 10.8. The van der Waals surface area contributed by atoms with E-state index in [-0.39, 0.29) is 28.0 Å². The lowest BCUT2D eigenvalue weighted by molar-refractivity contribution is -0.139. The Hall–Kier alpha value is -3.04. The Kier molecular flexibility index (Phi) is 6.62. The Morgan fingerprint density at radius 1 is 1.21 bits per heavy atom. The first-order valence-electron chi connectivity index (χ1n) is 9.63. The molecule has 4 aromatic rings. The molecule has 0 bridgehead atoms. The summed E-state index contributed by atoms with van der Waals surface area (Å²) in [6, 6.07) is 8.99. The van der Waals surface area contributed by atoms with Gasteiger partial charge in [-0.2, -0.15) is 0 Å². The van der Waals surface area contributed by atoms with E-state index in [1.165, 1.54) is 0 Å². The van der Waals surface area contributed by atoms with Crippen LogP contribution >= 0.6 is 34.8 Å². The minimum Gasteiger partial charge on any atom is -0.480 e. The number of hydrogen-bond acceptors (Lipinski definition) is 7. The van der Waals surface area contributed by atoms with Gasteiger partial charge < -0.3 is 25.3 Å². The third kappa shape index (κ3) is 4.99. The average Bonchev–Trinajstić information content (AvgIpc) is 3.18. The van der Waals surface area contributed by atoms with Crippen LogP contribution in [0, 0.1) is 0 Å². The van der Waals surface area contributed by atoms with Crippen molar-refractivity contribution in [1.82, 2.24) is 15.3 Å². The number of halogens is 3. The number of nitrogens with zero attached hydrogens (tertiary/aromatic N) is 2. The summed E-state index contributed by atoms with van der Waals surface area (Å²) >= 11 is 18.7. The fraction of sp³-hybridized carbons (Fsp3) is 0.136. The van der Waals surface area contributed by atoms with Crippen molar-refractivity contribution in [1.29, 1.82) is 0 Å². The predicted molar refractivity (Wildman–Crippen MR) is 127 cm³/mol. The highest BCUT2D eigenvalue weighted by molar-refractivity contribution is 6.37. The molecule has 2 aromatic heterocycles. The number of hydrogen-bond donors (Lipinski definition) is 3. The van der Waals surface area contributed by atoms with Crippen LogP contribution < -0.4 is 15.8 Å². The number of carbonyl (C=O) groups is 1. The Morgan fingerprint density at radius 2 is 1.94 bits per heavy atom. The number of aliphatic carboxylic acids is 1. The minimum atomic E-state index is -0.982. The number of pyridine rings is 1. The molecule has 0 aliphatic carbocycles. The fourth-order valence-corrected chi connectivity index (χ4v) is 3.93. The maximum absolute atomic E-state index is 11.3. The van der Waals surface area contributed by atoms with Gasteiger partial charge in [-0.3, -0.25) is 4.79 Å². The number of carboxylic acids is 1. The highest BCUT2D eigenvalue weighted by atomic mass is 35.5. The molecule has 2 heterocycles. The van der Waals surface area contributed by atoms with Crippen molar-refractivity contribution in [3.63, 3.8) is 0 Å². The summed E-state index contributed by atoms with van der Waals surface area (Å²) in [6.07, 6.45) is 1.73. The summed E-state index contributed by atoms with van der Waals surface area (Å²) in [5.41, 5.74) is 8.49. The molecule has 2 aromatic carbocycles. The third-order valence-corrected chi connectivity index (χ3v) is 5.59. The Labute approximate surface area is 203 Å². The summed E-state index contributed by atoms with van der Waals surface area (Å²) in [5, 5.41) is 12.7. The molecule has 0 aliphatic rings. The van der Waals surface area contributed by atoms with Crippen molar-refractivity contribution >= 4 is 57.6 Å². The number of carboxylic acid groups (broad SMARTS) is 1. The number of nitrogens with one attached hydrogen (secondary N) is 1. The van der Waals surface area contributed by atoms with Crippen LogP contribution in [0.4, 0.5) is 5.69 Å². The Morgan fingerprint density at radius 3 is 2.55 bits per heavy atom. The molecule has 0 amide bonds. The second kappa shape index (κ2) is 9.44. The number of rotatable bonds is 7. The van der Waals surface area contributed by atoms with Crippen LogP contribution in [0.5, 0.6) is 11.5 Å².